The number of benzene rings is 1. The maximum Gasteiger partial charge on any atom is 0.337 e. The average Bonchev–Trinajstić information content (AvgIpc) is 2.28. The number of nitrogens with one attached hydrogen (secondary N) is 1. The number of methoxy groups -OCH3 is 1. The third-order valence-corrected chi connectivity index (χ3v) is 4.17. The van der Waals surface area contributed by atoms with Crippen LogP contribution >= 0.6 is 11.6 Å². The van der Waals surface area contributed by atoms with Crippen molar-refractivity contribution in [3.05, 3.63) is 28.8 Å². The Balaban J connectivity index is 3.08. The fourth-order valence-electron chi connectivity index (χ4n) is 1.45. The highest BCUT2D eigenvalue weighted by molar-refractivity contribution is 7.89. The number of sulfonamides is 1. The molecule has 0 aliphatic heterocycles. The number of halogens is 1. The molecule has 2 N–H and O–H groups in total. The van der Waals surface area contributed by atoms with E-state index in [1.807, 2.05) is 0 Å². The number of hydrogen-bond acceptors (Lipinski definition) is 4. The zero-order chi connectivity index (χ0) is 14.6. The van der Waals surface area contributed by atoms with E-state index in [-0.39, 0.29) is 22.1 Å². The molecule has 0 bridgehead atoms. The van der Waals surface area contributed by atoms with Crippen LogP contribution in [0.2, 0.25) is 5.02 Å². The molecular formula is C11H14ClNO5S. The smallest absolute Gasteiger partial charge is 0.337 e. The van der Waals surface area contributed by atoms with Crippen molar-refractivity contribution in [3.8, 4) is 0 Å². The summed E-state index contributed by atoms with van der Waals surface area (Å²) in [5.41, 5.74) is -0.260. The summed E-state index contributed by atoms with van der Waals surface area (Å²) < 4.78 is 31.2. The fraction of sp³-hybridized carbons (Fsp3) is 0.364. The molecule has 8 heteroatoms. The molecule has 0 aliphatic rings. The van der Waals surface area contributed by atoms with Gasteiger partial charge in [-0.25, -0.2) is 17.9 Å². The van der Waals surface area contributed by atoms with Crippen LogP contribution in [0.15, 0.2) is 23.1 Å². The van der Waals surface area contributed by atoms with E-state index in [9.17, 15) is 13.2 Å². The summed E-state index contributed by atoms with van der Waals surface area (Å²) in [6, 6.07) is 3.07. The molecule has 1 aromatic rings. The molecule has 1 atom stereocenters. The van der Waals surface area contributed by atoms with Crippen molar-refractivity contribution in [3.63, 3.8) is 0 Å². The predicted molar refractivity (Wildman–Crippen MR) is 70.1 cm³/mol. The SMILES string of the molecule is COCC(C)NS(=O)(=O)c1ccc(Cl)c(C(=O)O)c1. The Kier molecular flexibility index (Phi) is 5.30. The minimum atomic E-state index is -3.81. The fourth-order valence-corrected chi connectivity index (χ4v) is 2.90. The van der Waals surface area contributed by atoms with Gasteiger partial charge >= 0.3 is 5.97 Å². The van der Waals surface area contributed by atoms with Crippen LogP contribution in [-0.2, 0) is 14.8 Å². The maximum atomic E-state index is 12.0. The van der Waals surface area contributed by atoms with Crippen molar-refractivity contribution in [2.75, 3.05) is 13.7 Å². The second kappa shape index (κ2) is 6.33. The van der Waals surface area contributed by atoms with Gasteiger partial charge in [0.05, 0.1) is 22.1 Å². The number of hydrogen-bond donors (Lipinski definition) is 2. The van der Waals surface area contributed by atoms with Crippen LogP contribution in [0.25, 0.3) is 0 Å². The molecule has 0 heterocycles. The summed E-state index contributed by atoms with van der Waals surface area (Å²) in [6.45, 7) is 1.84. The van der Waals surface area contributed by atoms with Crippen LogP contribution in [0.5, 0.6) is 0 Å². The largest absolute Gasteiger partial charge is 0.478 e. The average molecular weight is 308 g/mol. The molecule has 0 amide bonds. The van der Waals surface area contributed by atoms with Crippen molar-refractivity contribution >= 4 is 27.6 Å². The third-order valence-electron chi connectivity index (χ3n) is 2.25. The Morgan fingerprint density at radius 2 is 2.16 bits per heavy atom. The van der Waals surface area contributed by atoms with Crippen LogP contribution in [0.4, 0.5) is 0 Å². The molecule has 0 radical (unpaired) electrons. The molecule has 1 rings (SSSR count). The standard InChI is InChI=1S/C11H14ClNO5S/c1-7(6-18-2)13-19(16,17)8-3-4-10(12)9(5-8)11(14)15/h3-5,7,13H,6H2,1-2H3,(H,14,15). The van der Waals surface area contributed by atoms with Gasteiger partial charge in [-0.2, -0.15) is 0 Å². The number of aromatic carboxylic acids is 1. The van der Waals surface area contributed by atoms with Gasteiger partial charge in [0.25, 0.3) is 0 Å². The van der Waals surface area contributed by atoms with Gasteiger partial charge in [-0.15, -0.1) is 0 Å². The molecule has 0 saturated heterocycles. The normalized spacial score (nSPS) is 13.2. The maximum absolute atomic E-state index is 12.0. The van der Waals surface area contributed by atoms with E-state index in [0.29, 0.717) is 0 Å². The molecule has 0 spiro atoms. The van der Waals surface area contributed by atoms with Crippen LogP contribution in [0, 0.1) is 0 Å². The quantitative estimate of drug-likeness (QED) is 0.827. The number of carboxylic acids is 1. The first kappa shape index (κ1) is 15.9. The van der Waals surface area contributed by atoms with Gasteiger partial charge in [0.2, 0.25) is 10.0 Å². The summed E-state index contributed by atoms with van der Waals surface area (Å²) in [6.07, 6.45) is 0. The minimum absolute atomic E-state index is 0.0172. The van der Waals surface area contributed by atoms with Gasteiger partial charge in [0.15, 0.2) is 0 Å². The van der Waals surface area contributed by atoms with Gasteiger partial charge in [-0.1, -0.05) is 11.6 Å². The summed E-state index contributed by atoms with van der Waals surface area (Å²) >= 11 is 5.68. The Hall–Kier alpha value is -1.15. The highest BCUT2D eigenvalue weighted by Gasteiger charge is 2.20. The van der Waals surface area contributed by atoms with E-state index in [4.69, 9.17) is 21.4 Å². The van der Waals surface area contributed by atoms with Crippen molar-refractivity contribution in [1.82, 2.24) is 4.72 Å². The molecule has 6 nitrogen and oxygen atoms in total. The number of rotatable bonds is 6. The molecule has 0 fully saturated rings. The summed E-state index contributed by atoms with van der Waals surface area (Å²) in [5, 5.41) is 8.89. The highest BCUT2D eigenvalue weighted by Crippen LogP contribution is 2.20. The van der Waals surface area contributed by atoms with E-state index in [1.165, 1.54) is 19.2 Å². The predicted octanol–water partition coefficient (Wildman–Crippen LogP) is 1.35. The lowest BCUT2D eigenvalue weighted by molar-refractivity contribution is 0.0697. The monoisotopic (exact) mass is 307 g/mol. The van der Waals surface area contributed by atoms with Crippen molar-refractivity contribution < 1.29 is 23.1 Å². The molecule has 1 unspecified atom stereocenters. The summed E-state index contributed by atoms with van der Waals surface area (Å²) in [4.78, 5) is 10.8. The summed E-state index contributed by atoms with van der Waals surface area (Å²) in [7, 11) is -2.35. The number of carbonyl (C=O) groups is 1. The Morgan fingerprint density at radius 1 is 1.53 bits per heavy atom. The zero-order valence-electron chi connectivity index (χ0n) is 10.4. The Morgan fingerprint density at radius 3 is 2.68 bits per heavy atom. The molecule has 19 heavy (non-hydrogen) atoms. The lowest BCUT2D eigenvalue weighted by Gasteiger charge is -2.13. The van der Waals surface area contributed by atoms with Crippen LogP contribution in [0.1, 0.15) is 17.3 Å². The molecule has 0 aromatic heterocycles. The van der Waals surface area contributed by atoms with Gasteiger partial charge in [-0.3, -0.25) is 0 Å². The minimum Gasteiger partial charge on any atom is -0.478 e. The lowest BCUT2D eigenvalue weighted by atomic mass is 10.2. The van der Waals surface area contributed by atoms with E-state index >= 15 is 0 Å². The van der Waals surface area contributed by atoms with Crippen LogP contribution in [0.3, 0.4) is 0 Å². The first-order valence-electron chi connectivity index (χ1n) is 5.32. The molecule has 0 saturated carbocycles. The molecule has 0 aliphatic carbocycles. The highest BCUT2D eigenvalue weighted by atomic mass is 35.5. The second-order valence-electron chi connectivity index (χ2n) is 3.92. The molecule has 106 valence electrons. The Labute approximate surface area is 116 Å². The van der Waals surface area contributed by atoms with E-state index in [2.05, 4.69) is 4.72 Å². The van der Waals surface area contributed by atoms with Gasteiger partial charge < -0.3 is 9.84 Å². The topological polar surface area (TPSA) is 92.7 Å². The first-order chi connectivity index (χ1) is 8.77. The van der Waals surface area contributed by atoms with Gasteiger partial charge in [-0.05, 0) is 25.1 Å². The summed E-state index contributed by atoms with van der Waals surface area (Å²) in [5.74, 6) is -1.29. The van der Waals surface area contributed by atoms with Gasteiger partial charge in [0.1, 0.15) is 0 Å². The third kappa shape index (κ3) is 4.17. The Bertz CT molecular complexity index is 572. The van der Waals surface area contributed by atoms with Crippen LogP contribution < -0.4 is 4.72 Å². The van der Waals surface area contributed by atoms with Crippen molar-refractivity contribution in [1.29, 1.82) is 0 Å². The van der Waals surface area contributed by atoms with E-state index in [1.54, 1.807) is 6.92 Å². The van der Waals surface area contributed by atoms with Gasteiger partial charge in [0, 0.05) is 13.2 Å². The number of ether oxygens (including phenoxy) is 1. The molecule has 1 aromatic carbocycles. The second-order valence-corrected chi connectivity index (χ2v) is 6.05. The van der Waals surface area contributed by atoms with Crippen LogP contribution in [-0.4, -0.2) is 39.3 Å². The molecular weight excluding hydrogens is 294 g/mol. The first-order valence-corrected chi connectivity index (χ1v) is 7.18. The lowest BCUT2D eigenvalue weighted by Crippen LogP contribution is -2.35. The van der Waals surface area contributed by atoms with Crippen molar-refractivity contribution in [2.45, 2.75) is 17.9 Å². The number of carboxylic acid groups (broad SMARTS) is 1. The van der Waals surface area contributed by atoms with Crippen molar-refractivity contribution in [2.24, 2.45) is 0 Å². The van der Waals surface area contributed by atoms with E-state index in [0.717, 1.165) is 6.07 Å². The van der Waals surface area contributed by atoms with E-state index < -0.39 is 22.0 Å². The zero-order valence-corrected chi connectivity index (χ0v) is 12.0.